The van der Waals surface area contributed by atoms with Crippen molar-refractivity contribution < 1.29 is 18.0 Å². The normalized spacial score (nSPS) is 12.1. The van der Waals surface area contributed by atoms with Crippen molar-refractivity contribution in [3.05, 3.63) is 65.2 Å². The van der Waals surface area contributed by atoms with E-state index in [9.17, 15) is 18.0 Å². The highest BCUT2D eigenvalue weighted by atomic mass is 35.5. The number of amides is 2. The SMILES string of the molecule is CCCNC(=O)[C@@H](CC)N(Cc1ccc(Cl)cc1)C(=O)CCCN(c1ccccc1)S(C)(=O)=O. The van der Waals surface area contributed by atoms with Crippen molar-refractivity contribution >= 4 is 39.1 Å². The highest BCUT2D eigenvalue weighted by Crippen LogP contribution is 2.19. The third kappa shape index (κ3) is 8.33. The summed E-state index contributed by atoms with van der Waals surface area (Å²) in [6.07, 6.45) is 2.86. The average molecular weight is 508 g/mol. The first kappa shape index (κ1) is 27.7. The topological polar surface area (TPSA) is 86.8 Å². The van der Waals surface area contributed by atoms with Gasteiger partial charge in [-0.15, -0.1) is 0 Å². The summed E-state index contributed by atoms with van der Waals surface area (Å²) in [6.45, 7) is 4.82. The Morgan fingerprint density at radius 1 is 1.03 bits per heavy atom. The summed E-state index contributed by atoms with van der Waals surface area (Å²) >= 11 is 6.00. The largest absolute Gasteiger partial charge is 0.354 e. The minimum Gasteiger partial charge on any atom is -0.354 e. The van der Waals surface area contributed by atoms with Crippen molar-refractivity contribution in [2.75, 3.05) is 23.7 Å². The number of carbonyl (C=O) groups excluding carboxylic acids is 2. The second kappa shape index (κ2) is 13.3. The van der Waals surface area contributed by atoms with Gasteiger partial charge < -0.3 is 10.2 Å². The number of halogens is 1. The smallest absolute Gasteiger partial charge is 0.242 e. The molecule has 0 radical (unpaired) electrons. The van der Waals surface area contributed by atoms with Gasteiger partial charge in [-0.1, -0.05) is 55.8 Å². The Bertz CT molecular complexity index is 1030. The van der Waals surface area contributed by atoms with Crippen LogP contribution in [0, 0.1) is 0 Å². The quantitative estimate of drug-likeness (QED) is 0.439. The van der Waals surface area contributed by atoms with Crippen molar-refractivity contribution in [3.63, 3.8) is 0 Å². The van der Waals surface area contributed by atoms with E-state index in [1.165, 1.54) is 4.31 Å². The molecule has 0 saturated carbocycles. The van der Waals surface area contributed by atoms with E-state index in [0.29, 0.717) is 30.1 Å². The summed E-state index contributed by atoms with van der Waals surface area (Å²) < 4.78 is 25.9. The predicted octanol–water partition coefficient (Wildman–Crippen LogP) is 4.22. The first-order chi connectivity index (χ1) is 16.2. The number of para-hydroxylation sites is 1. The number of carbonyl (C=O) groups is 2. The first-order valence-electron chi connectivity index (χ1n) is 11.5. The van der Waals surface area contributed by atoms with Gasteiger partial charge in [-0.05, 0) is 49.1 Å². The summed E-state index contributed by atoms with van der Waals surface area (Å²) in [5.74, 6) is -0.385. The molecule has 0 aliphatic rings. The molecule has 0 unspecified atom stereocenters. The number of hydrogen-bond acceptors (Lipinski definition) is 4. The van der Waals surface area contributed by atoms with Crippen molar-refractivity contribution in [3.8, 4) is 0 Å². The molecule has 0 heterocycles. The summed E-state index contributed by atoms with van der Waals surface area (Å²) in [5.41, 5.74) is 1.42. The molecule has 1 atom stereocenters. The Balaban J connectivity index is 2.17. The van der Waals surface area contributed by atoms with Gasteiger partial charge in [0.05, 0.1) is 11.9 Å². The van der Waals surface area contributed by atoms with Crippen LogP contribution in [0.2, 0.25) is 5.02 Å². The molecule has 0 aromatic heterocycles. The van der Waals surface area contributed by atoms with Crippen LogP contribution in [0.15, 0.2) is 54.6 Å². The molecule has 0 aliphatic heterocycles. The lowest BCUT2D eigenvalue weighted by Gasteiger charge is -2.31. The lowest BCUT2D eigenvalue weighted by Crippen LogP contribution is -2.49. The summed E-state index contributed by atoms with van der Waals surface area (Å²) in [7, 11) is -3.50. The fourth-order valence-corrected chi connectivity index (χ4v) is 4.76. The number of sulfonamides is 1. The molecule has 2 aromatic rings. The number of hydrogen-bond donors (Lipinski definition) is 1. The van der Waals surface area contributed by atoms with Crippen LogP contribution < -0.4 is 9.62 Å². The van der Waals surface area contributed by atoms with E-state index in [1.54, 1.807) is 41.3 Å². The van der Waals surface area contributed by atoms with Gasteiger partial charge in [0.25, 0.3) is 0 Å². The zero-order valence-corrected chi connectivity index (χ0v) is 21.6. The Labute approximate surface area is 208 Å². The van der Waals surface area contributed by atoms with Gasteiger partial charge >= 0.3 is 0 Å². The van der Waals surface area contributed by atoms with Crippen LogP contribution in [-0.4, -0.2) is 50.5 Å². The lowest BCUT2D eigenvalue weighted by molar-refractivity contribution is -0.141. The predicted molar refractivity (Wildman–Crippen MR) is 137 cm³/mol. The summed E-state index contributed by atoms with van der Waals surface area (Å²) in [6, 6.07) is 15.4. The van der Waals surface area contributed by atoms with E-state index in [1.807, 2.05) is 32.0 Å². The molecular weight excluding hydrogens is 474 g/mol. The maximum absolute atomic E-state index is 13.3. The highest BCUT2D eigenvalue weighted by molar-refractivity contribution is 7.92. The Kier molecular flexibility index (Phi) is 10.9. The van der Waals surface area contributed by atoms with Gasteiger partial charge in [-0.2, -0.15) is 0 Å². The fraction of sp³-hybridized carbons (Fsp3) is 0.440. The molecule has 9 heteroatoms. The summed E-state index contributed by atoms with van der Waals surface area (Å²) in [4.78, 5) is 27.7. The van der Waals surface area contributed by atoms with Crippen molar-refractivity contribution in [1.29, 1.82) is 0 Å². The molecule has 2 rings (SSSR count). The highest BCUT2D eigenvalue weighted by Gasteiger charge is 2.28. The summed E-state index contributed by atoms with van der Waals surface area (Å²) in [5, 5.41) is 3.48. The van der Waals surface area contributed by atoms with E-state index in [2.05, 4.69) is 5.32 Å². The number of anilines is 1. The fourth-order valence-electron chi connectivity index (χ4n) is 3.67. The maximum Gasteiger partial charge on any atom is 0.242 e. The monoisotopic (exact) mass is 507 g/mol. The van der Waals surface area contributed by atoms with Crippen molar-refractivity contribution in [2.24, 2.45) is 0 Å². The zero-order valence-electron chi connectivity index (χ0n) is 20.0. The molecule has 0 bridgehead atoms. The Morgan fingerprint density at radius 2 is 1.68 bits per heavy atom. The van der Waals surface area contributed by atoms with Crippen molar-refractivity contribution in [2.45, 2.75) is 52.1 Å². The third-order valence-electron chi connectivity index (χ3n) is 5.40. The Hall–Kier alpha value is -2.58. The first-order valence-corrected chi connectivity index (χ1v) is 13.7. The standard InChI is InChI=1S/C25H34ClN3O4S/c1-4-17-27-25(31)23(5-2)28(19-20-13-15-21(26)16-14-20)24(30)12-9-18-29(34(3,32)33)22-10-7-6-8-11-22/h6-8,10-11,13-16,23H,4-5,9,12,17-19H2,1-3H3,(H,27,31)/t23-/m1/s1. The second-order valence-electron chi connectivity index (χ2n) is 8.14. The molecule has 0 fully saturated rings. The maximum atomic E-state index is 13.3. The number of nitrogens with zero attached hydrogens (tertiary/aromatic N) is 2. The number of benzene rings is 2. The van der Waals surface area contributed by atoms with E-state index in [-0.39, 0.29) is 31.3 Å². The van der Waals surface area contributed by atoms with Crippen LogP contribution in [0.5, 0.6) is 0 Å². The van der Waals surface area contributed by atoms with E-state index < -0.39 is 16.1 Å². The molecule has 0 aliphatic carbocycles. The molecule has 2 amide bonds. The molecule has 0 saturated heterocycles. The van der Waals surface area contributed by atoms with Gasteiger partial charge in [0, 0.05) is 31.1 Å². The molecule has 1 N–H and O–H groups in total. The molecule has 2 aromatic carbocycles. The lowest BCUT2D eigenvalue weighted by atomic mass is 10.1. The van der Waals surface area contributed by atoms with Crippen LogP contribution in [0.4, 0.5) is 5.69 Å². The van der Waals surface area contributed by atoms with Gasteiger partial charge in [0.2, 0.25) is 21.8 Å². The van der Waals surface area contributed by atoms with Gasteiger partial charge in [0.15, 0.2) is 0 Å². The number of rotatable bonds is 13. The van der Waals surface area contributed by atoms with Crippen molar-refractivity contribution in [1.82, 2.24) is 10.2 Å². The van der Waals surface area contributed by atoms with Crippen LogP contribution in [0.3, 0.4) is 0 Å². The van der Waals surface area contributed by atoms with E-state index in [4.69, 9.17) is 11.6 Å². The Morgan fingerprint density at radius 3 is 2.24 bits per heavy atom. The minimum absolute atomic E-state index is 0.115. The molecule has 0 spiro atoms. The van der Waals surface area contributed by atoms with Crippen LogP contribution in [0.1, 0.15) is 45.1 Å². The molecule has 34 heavy (non-hydrogen) atoms. The van der Waals surface area contributed by atoms with Gasteiger partial charge in [-0.25, -0.2) is 8.42 Å². The van der Waals surface area contributed by atoms with Crippen LogP contribution in [0.25, 0.3) is 0 Å². The second-order valence-corrected chi connectivity index (χ2v) is 10.5. The van der Waals surface area contributed by atoms with Crippen LogP contribution in [-0.2, 0) is 26.2 Å². The number of nitrogens with one attached hydrogen (secondary N) is 1. The van der Waals surface area contributed by atoms with E-state index in [0.717, 1.165) is 18.2 Å². The zero-order chi connectivity index (χ0) is 25.1. The van der Waals surface area contributed by atoms with E-state index >= 15 is 0 Å². The van der Waals surface area contributed by atoms with Gasteiger partial charge in [-0.3, -0.25) is 13.9 Å². The third-order valence-corrected chi connectivity index (χ3v) is 6.84. The molecular formula is C25H34ClN3O4S. The van der Waals surface area contributed by atoms with Crippen LogP contribution >= 0.6 is 11.6 Å². The molecule has 186 valence electrons. The minimum atomic E-state index is -3.50. The van der Waals surface area contributed by atoms with Gasteiger partial charge in [0.1, 0.15) is 6.04 Å². The average Bonchev–Trinajstić information content (AvgIpc) is 2.81. The molecule has 7 nitrogen and oxygen atoms in total.